The molecule has 1 aliphatic heterocycles. The van der Waals surface area contributed by atoms with E-state index in [2.05, 4.69) is 29.0 Å². The van der Waals surface area contributed by atoms with Gasteiger partial charge in [0.2, 0.25) is 0 Å². The van der Waals surface area contributed by atoms with Crippen molar-refractivity contribution in [3.05, 3.63) is 24.0 Å². The van der Waals surface area contributed by atoms with Gasteiger partial charge in [0.15, 0.2) is 0 Å². The Morgan fingerprint density at radius 2 is 2.20 bits per heavy atom. The van der Waals surface area contributed by atoms with Gasteiger partial charge in [-0.1, -0.05) is 6.92 Å². The second kappa shape index (κ2) is 6.70. The Hall–Kier alpha value is -1.62. The van der Waals surface area contributed by atoms with Crippen molar-refractivity contribution in [3.8, 4) is 0 Å². The fourth-order valence-corrected chi connectivity index (χ4v) is 2.64. The fraction of sp³-hybridized carbons (Fsp3) is 0.600. The number of nitrogens with zero attached hydrogens (tertiary/aromatic N) is 3. The molecule has 1 aromatic heterocycles. The Labute approximate surface area is 121 Å². The van der Waals surface area contributed by atoms with Crippen LogP contribution in [0, 0.1) is 0 Å². The second-order valence-electron chi connectivity index (χ2n) is 5.19. The second-order valence-corrected chi connectivity index (χ2v) is 5.19. The van der Waals surface area contributed by atoms with E-state index in [1.807, 2.05) is 17.9 Å². The van der Waals surface area contributed by atoms with E-state index in [-0.39, 0.29) is 5.91 Å². The summed E-state index contributed by atoms with van der Waals surface area (Å²) in [5.41, 5.74) is 1.48. The maximum absolute atomic E-state index is 12.4. The topological polar surface area (TPSA) is 48.5 Å². The van der Waals surface area contributed by atoms with Crippen molar-refractivity contribution in [2.45, 2.75) is 26.8 Å². The van der Waals surface area contributed by atoms with Crippen LogP contribution in [-0.2, 0) is 0 Å². The number of amides is 1. The Balaban J connectivity index is 2.00. The number of carbonyl (C=O) groups excluding carboxylic acids is 1. The van der Waals surface area contributed by atoms with Crippen LogP contribution in [0.25, 0.3) is 0 Å². The monoisotopic (exact) mass is 276 g/mol. The van der Waals surface area contributed by atoms with Gasteiger partial charge in [-0.05, 0) is 32.5 Å². The number of rotatable bonds is 4. The van der Waals surface area contributed by atoms with Crippen LogP contribution in [0.3, 0.4) is 0 Å². The summed E-state index contributed by atoms with van der Waals surface area (Å²) in [6.07, 6.45) is 1.72. The molecule has 1 atom stereocenters. The summed E-state index contributed by atoms with van der Waals surface area (Å²) in [5.74, 6) is 0.0376. The molecule has 0 aliphatic carbocycles. The molecular weight excluding hydrogens is 252 g/mol. The molecule has 5 heteroatoms. The van der Waals surface area contributed by atoms with Crippen LogP contribution in [0.4, 0.5) is 5.69 Å². The van der Waals surface area contributed by atoms with Gasteiger partial charge < -0.3 is 10.2 Å². The summed E-state index contributed by atoms with van der Waals surface area (Å²) in [7, 11) is 0. The van der Waals surface area contributed by atoms with Crippen LogP contribution >= 0.6 is 0 Å². The Bertz CT molecular complexity index is 446. The van der Waals surface area contributed by atoms with Gasteiger partial charge >= 0.3 is 0 Å². The minimum atomic E-state index is 0.0376. The van der Waals surface area contributed by atoms with E-state index >= 15 is 0 Å². The van der Waals surface area contributed by atoms with Gasteiger partial charge in [0.25, 0.3) is 5.91 Å². The molecule has 20 heavy (non-hydrogen) atoms. The van der Waals surface area contributed by atoms with E-state index in [0.717, 1.165) is 38.4 Å². The first kappa shape index (κ1) is 14.8. The minimum Gasteiger partial charge on any atom is -0.384 e. The molecule has 2 heterocycles. The molecular formula is C15H24N4O. The summed E-state index contributed by atoms with van der Waals surface area (Å²) in [6, 6.07) is 4.13. The Morgan fingerprint density at radius 1 is 1.40 bits per heavy atom. The predicted octanol–water partition coefficient (Wildman–Crippen LogP) is 1.68. The molecule has 0 saturated carbocycles. The van der Waals surface area contributed by atoms with Crippen molar-refractivity contribution in [1.82, 2.24) is 14.8 Å². The number of hydrogen-bond acceptors (Lipinski definition) is 4. The first-order valence-electron chi connectivity index (χ1n) is 7.39. The molecule has 1 amide bonds. The largest absolute Gasteiger partial charge is 0.384 e. The quantitative estimate of drug-likeness (QED) is 0.909. The number of piperazine rings is 1. The first-order valence-corrected chi connectivity index (χ1v) is 7.39. The zero-order valence-corrected chi connectivity index (χ0v) is 12.6. The number of likely N-dealkylation sites (N-methyl/N-ethyl adjacent to an activating group) is 1. The zero-order chi connectivity index (χ0) is 14.5. The molecule has 5 nitrogen and oxygen atoms in total. The Kier molecular flexibility index (Phi) is 4.95. The lowest BCUT2D eigenvalue weighted by Crippen LogP contribution is -2.53. The van der Waals surface area contributed by atoms with Crippen molar-refractivity contribution in [1.29, 1.82) is 0 Å². The summed E-state index contributed by atoms with van der Waals surface area (Å²) < 4.78 is 0. The molecule has 0 aromatic carbocycles. The number of hydrogen-bond donors (Lipinski definition) is 1. The van der Waals surface area contributed by atoms with Crippen molar-refractivity contribution in [3.63, 3.8) is 0 Å². The molecule has 1 unspecified atom stereocenters. The predicted molar refractivity (Wildman–Crippen MR) is 81.0 cm³/mol. The number of carbonyl (C=O) groups is 1. The molecule has 1 fully saturated rings. The average molecular weight is 276 g/mol. The SMILES string of the molecule is CCNc1ccc(C(=O)N2CCN(CC)C(C)C2)nc1. The molecule has 1 N–H and O–H groups in total. The van der Waals surface area contributed by atoms with Crippen molar-refractivity contribution >= 4 is 11.6 Å². The van der Waals surface area contributed by atoms with Crippen molar-refractivity contribution < 1.29 is 4.79 Å². The first-order chi connectivity index (χ1) is 9.65. The third-order valence-corrected chi connectivity index (χ3v) is 3.82. The molecule has 1 aliphatic rings. The van der Waals surface area contributed by atoms with Gasteiger partial charge in [0.05, 0.1) is 11.9 Å². The van der Waals surface area contributed by atoms with Crippen LogP contribution in [0.5, 0.6) is 0 Å². The minimum absolute atomic E-state index is 0.0376. The van der Waals surface area contributed by atoms with E-state index in [0.29, 0.717) is 11.7 Å². The number of anilines is 1. The highest BCUT2D eigenvalue weighted by Crippen LogP contribution is 2.13. The van der Waals surface area contributed by atoms with Gasteiger partial charge in [-0.3, -0.25) is 9.69 Å². The number of aromatic nitrogens is 1. The van der Waals surface area contributed by atoms with E-state index < -0.39 is 0 Å². The van der Waals surface area contributed by atoms with E-state index in [9.17, 15) is 4.79 Å². The molecule has 0 radical (unpaired) electrons. The third-order valence-electron chi connectivity index (χ3n) is 3.82. The molecule has 110 valence electrons. The summed E-state index contributed by atoms with van der Waals surface area (Å²) in [5, 5.41) is 3.18. The maximum Gasteiger partial charge on any atom is 0.272 e. The highest BCUT2D eigenvalue weighted by Gasteiger charge is 2.26. The molecule has 1 saturated heterocycles. The highest BCUT2D eigenvalue weighted by molar-refractivity contribution is 5.92. The highest BCUT2D eigenvalue weighted by atomic mass is 16.2. The lowest BCUT2D eigenvalue weighted by atomic mass is 10.1. The van der Waals surface area contributed by atoms with Gasteiger partial charge in [-0.15, -0.1) is 0 Å². The Morgan fingerprint density at radius 3 is 2.75 bits per heavy atom. The summed E-state index contributed by atoms with van der Waals surface area (Å²) in [6.45, 7) is 10.8. The normalized spacial score (nSPS) is 19.9. The fourth-order valence-electron chi connectivity index (χ4n) is 2.64. The molecule has 0 bridgehead atoms. The zero-order valence-electron chi connectivity index (χ0n) is 12.6. The standard InChI is InChI=1S/C15H24N4O/c1-4-16-13-6-7-14(17-10-13)15(20)19-9-8-18(5-2)12(3)11-19/h6-7,10,12,16H,4-5,8-9,11H2,1-3H3. The van der Waals surface area contributed by atoms with E-state index in [1.54, 1.807) is 12.3 Å². The average Bonchev–Trinajstić information content (AvgIpc) is 2.47. The number of pyridine rings is 1. The van der Waals surface area contributed by atoms with Gasteiger partial charge in [-0.25, -0.2) is 4.98 Å². The van der Waals surface area contributed by atoms with Gasteiger partial charge in [0.1, 0.15) is 5.69 Å². The van der Waals surface area contributed by atoms with E-state index in [1.165, 1.54) is 0 Å². The van der Waals surface area contributed by atoms with Crippen molar-refractivity contribution in [2.75, 3.05) is 38.0 Å². The molecule has 1 aromatic rings. The van der Waals surface area contributed by atoms with Gasteiger partial charge in [-0.2, -0.15) is 0 Å². The smallest absolute Gasteiger partial charge is 0.272 e. The lowest BCUT2D eigenvalue weighted by Gasteiger charge is -2.39. The maximum atomic E-state index is 12.4. The van der Waals surface area contributed by atoms with Crippen LogP contribution in [0.15, 0.2) is 18.3 Å². The van der Waals surface area contributed by atoms with Crippen LogP contribution in [-0.4, -0.2) is 59.5 Å². The van der Waals surface area contributed by atoms with Crippen molar-refractivity contribution in [2.24, 2.45) is 0 Å². The third kappa shape index (κ3) is 3.28. The molecule has 0 spiro atoms. The van der Waals surface area contributed by atoms with Crippen LogP contribution in [0.2, 0.25) is 0 Å². The van der Waals surface area contributed by atoms with Crippen LogP contribution < -0.4 is 5.32 Å². The summed E-state index contributed by atoms with van der Waals surface area (Å²) in [4.78, 5) is 21.0. The van der Waals surface area contributed by atoms with Crippen LogP contribution in [0.1, 0.15) is 31.3 Å². The van der Waals surface area contributed by atoms with E-state index in [4.69, 9.17) is 0 Å². The van der Waals surface area contributed by atoms with Gasteiger partial charge in [0, 0.05) is 32.2 Å². The number of nitrogens with one attached hydrogen (secondary N) is 1. The molecule has 2 rings (SSSR count). The summed E-state index contributed by atoms with van der Waals surface area (Å²) >= 11 is 0. The lowest BCUT2D eigenvalue weighted by molar-refractivity contribution is 0.0523.